The molecule has 0 fully saturated rings. The molecule has 30 heavy (non-hydrogen) atoms. The van der Waals surface area contributed by atoms with Crippen molar-refractivity contribution in [2.75, 3.05) is 6.79 Å². The molecular weight excluding hydrogens is 391 g/mol. The molecule has 0 aliphatic rings. The first-order valence-electron chi connectivity index (χ1n) is 10.1. The molecular formula is C22H29FN2O5. The van der Waals surface area contributed by atoms with Crippen LogP contribution in [0.15, 0.2) is 46.1 Å². The van der Waals surface area contributed by atoms with E-state index in [-0.39, 0.29) is 0 Å². The highest BCUT2D eigenvalue weighted by atomic mass is 19.1. The normalized spacial score (nSPS) is 12.5. The topological polar surface area (TPSA) is 90.4 Å². The molecule has 0 saturated heterocycles. The van der Waals surface area contributed by atoms with E-state index in [4.69, 9.17) is 9.47 Å². The number of nitrogens with one attached hydrogen (secondary N) is 1. The zero-order valence-electron chi connectivity index (χ0n) is 17.7. The van der Waals surface area contributed by atoms with Gasteiger partial charge in [0.2, 0.25) is 5.82 Å². The number of nitrogens with zero attached hydrogens (tertiary/aromatic N) is 1. The molecule has 1 aromatic heterocycles. The summed E-state index contributed by atoms with van der Waals surface area (Å²) >= 11 is 0. The average molecular weight is 420 g/mol. The van der Waals surface area contributed by atoms with Gasteiger partial charge < -0.3 is 9.47 Å². The van der Waals surface area contributed by atoms with Crippen molar-refractivity contribution < 1.29 is 18.7 Å². The van der Waals surface area contributed by atoms with E-state index in [2.05, 4.69) is 6.92 Å². The molecule has 7 nitrogen and oxygen atoms in total. The number of hydrogen-bond donors (Lipinski definition) is 1. The minimum absolute atomic E-state index is 0.411. The lowest BCUT2D eigenvalue weighted by Crippen LogP contribution is -2.35. The number of carbonyl (C=O) groups is 1. The van der Waals surface area contributed by atoms with Gasteiger partial charge in [0, 0.05) is 5.56 Å². The van der Waals surface area contributed by atoms with Crippen LogP contribution in [0, 0.1) is 11.2 Å². The summed E-state index contributed by atoms with van der Waals surface area (Å²) in [4.78, 5) is 37.9. The van der Waals surface area contributed by atoms with Crippen LogP contribution in [-0.2, 0) is 14.3 Å². The number of aromatic amines is 1. The van der Waals surface area contributed by atoms with Crippen LogP contribution in [0.2, 0.25) is 0 Å². The molecule has 0 aliphatic carbocycles. The van der Waals surface area contributed by atoms with Crippen molar-refractivity contribution in [2.45, 2.75) is 59.1 Å². The molecule has 164 valence electrons. The largest absolute Gasteiger partial charge is 0.438 e. The Labute approximate surface area is 174 Å². The maximum Gasteiger partial charge on any atom is 0.330 e. The van der Waals surface area contributed by atoms with Gasteiger partial charge in [0.15, 0.2) is 13.0 Å². The predicted molar refractivity (Wildman–Crippen MR) is 110 cm³/mol. The van der Waals surface area contributed by atoms with Crippen LogP contribution in [0.4, 0.5) is 4.39 Å². The fraction of sp³-hybridized carbons (Fsp3) is 0.500. The van der Waals surface area contributed by atoms with Crippen molar-refractivity contribution in [3.05, 3.63) is 68.7 Å². The second-order valence-electron chi connectivity index (χ2n) is 7.82. The van der Waals surface area contributed by atoms with Crippen molar-refractivity contribution in [1.82, 2.24) is 9.55 Å². The fourth-order valence-electron chi connectivity index (χ4n) is 3.03. The van der Waals surface area contributed by atoms with Crippen LogP contribution in [0.25, 0.3) is 0 Å². The lowest BCUT2D eigenvalue weighted by Gasteiger charge is -2.24. The van der Waals surface area contributed by atoms with Gasteiger partial charge in [-0.2, -0.15) is 4.39 Å². The van der Waals surface area contributed by atoms with Gasteiger partial charge in [-0.3, -0.25) is 19.1 Å². The Bertz CT molecular complexity index is 937. The van der Waals surface area contributed by atoms with Crippen molar-refractivity contribution in [3.63, 3.8) is 0 Å². The van der Waals surface area contributed by atoms with Gasteiger partial charge in [-0.1, -0.05) is 62.9 Å². The molecule has 0 radical (unpaired) electrons. The molecule has 0 aliphatic heterocycles. The first-order valence-corrected chi connectivity index (χ1v) is 10.1. The SMILES string of the molecule is CCCCCCC(C)(C)C(=O)OCOC(c1ccccc1)n1cc(F)c(=O)[nH]c1=O. The highest BCUT2D eigenvalue weighted by Gasteiger charge is 2.29. The van der Waals surface area contributed by atoms with E-state index in [9.17, 15) is 18.8 Å². The summed E-state index contributed by atoms with van der Waals surface area (Å²) < 4.78 is 25.6. The highest BCUT2D eigenvalue weighted by Crippen LogP contribution is 2.26. The van der Waals surface area contributed by atoms with Crippen LogP contribution >= 0.6 is 0 Å². The van der Waals surface area contributed by atoms with Crippen molar-refractivity contribution >= 4 is 5.97 Å². The van der Waals surface area contributed by atoms with E-state index < -0.39 is 41.5 Å². The quantitative estimate of drug-likeness (QED) is 0.340. The maximum absolute atomic E-state index is 13.8. The first kappa shape index (κ1) is 23.5. The summed E-state index contributed by atoms with van der Waals surface area (Å²) in [5, 5.41) is 0. The number of unbranched alkanes of at least 4 members (excludes halogenated alkanes) is 3. The standard InChI is InChI=1S/C22H29FN2O5/c1-4-5-6-10-13-22(2,3)20(27)30-15-29-19(16-11-8-7-9-12-16)25-14-17(23)18(26)24-21(25)28/h7-9,11-12,14,19H,4-6,10,13,15H2,1-3H3,(H,24,26,28). The van der Waals surface area contributed by atoms with Gasteiger partial charge >= 0.3 is 11.7 Å². The third kappa shape index (κ3) is 6.38. The van der Waals surface area contributed by atoms with E-state index >= 15 is 0 Å². The molecule has 1 unspecified atom stereocenters. The van der Waals surface area contributed by atoms with E-state index in [1.54, 1.807) is 30.3 Å². The van der Waals surface area contributed by atoms with Gasteiger partial charge in [0.05, 0.1) is 11.6 Å². The Balaban J connectivity index is 2.10. The Kier molecular flexibility index (Phi) is 8.53. The van der Waals surface area contributed by atoms with E-state index in [1.165, 1.54) is 0 Å². The number of benzene rings is 1. The minimum Gasteiger partial charge on any atom is -0.438 e. The summed E-state index contributed by atoms with van der Waals surface area (Å²) in [6.07, 6.45) is 4.61. The van der Waals surface area contributed by atoms with Crippen molar-refractivity contribution in [3.8, 4) is 0 Å². The summed E-state index contributed by atoms with van der Waals surface area (Å²) in [6.45, 7) is 5.33. The summed E-state index contributed by atoms with van der Waals surface area (Å²) in [5.41, 5.74) is -2.08. The van der Waals surface area contributed by atoms with E-state index in [0.29, 0.717) is 12.0 Å². The molecule has 0 spiro atoms. The lowest BCUT2D eigenvalue weighted by molar-refractivity contribution is -0.173. The Morgan fingerprint density at radius 3 is 2.53 bits per heavy atom. The van der Waals surface area contributed by atoms with Gasteiger partial charge in [-0.25, -0.2) is 4.79 Å². The molecule has 1 heterocycles. The zero-order valence-corrected chi connectivity index (χ0v) is 17.7. The van der Waals surface area contributed by atoms with E-state index in [0.717, 1.165) is 36.4 Å². The molecule has 1 N–H and O–H groups in total. The molecule has 2 rings (SSSR count). The molecule has 0 saturated carbocycles. The number of aromatic nitrogens is 2. The highest BCUT2D eigenvalue weighted by molar-refractivity contribution is 5.75. The number of rotatable bonds is 11. The number of ether oxygens (including phenoxy) is 2. The van der Waals surface area contributed by atoms with Gasteiger partial charge in [0.1, 0.15) is 0 Å². The van der Waals surface area contributed by atoms with Crippen LogP contribution in [-0.4, -0.2) is 22.3 Å². The molecule has 0 bridgehead atoms. The molecule has 1 aromatic carbocycles. The number of halogens is 1. The first-order chi connectivity index (χ1) is 14.3. The van der Waals surface area contributed by atoms with Crippen LogP contribution in [0.3, 0.4) is 0 Å². The summed E-state index contributed by atoms with van der Waals surface area (Å²) in [7, 11) is 0. The zero-order chi connectivity index (χ0) is 22.1. The molecule has 0 amide bonds. The summed E-state index contributed by atoms with van der Waals surface area (Å²) in [6, 6.07) is 8.59. The van der Waals surface area contributed by atoms with Crippen LogP contribution < -0.4 is 11.2 Å². The minimum atomic E-state index is -1.12. The third-order valence-electron chi connectivity index (χ3n) is 4.89. The molecule has 8 heteroatoms. The maximum atomic E-state index is 13.8. The molecule has 2 aromatic rings. The van der Waals surface area contributed by atoms with E-state index in [1.807, 2.05) is 18.8 Å². The Morgan fingerprint density at radius 1 is 1.17 bits per heavy atom. The lowest BCUT2D eigenvalue weighted by atomic mass is 9.87. The summed E-state index contributed by atoms with van der Waals surface area (Å²) in [5.74, 6) is -1.53. The predicted octanol–water partition coefficient (Wildman–Crippen LogP) is 3.74. The number of esters is 1. The number of carbonyl (C=O) groups excluding carboxylic acids is 1. The number of hydrogen-bond acceptors (Lipinski definition) is 5. The van der Waals surface area contributed by atoms with Gasteiger partial charge in [-0.05, 0) is 20.3 Å². The monoisotopic (exact) mass is 420 g/mol. The Hall–Kier alpha value is -2.74. The third-order valence-corrected chi connectivity index (χ3v) is 4.89. The average Bonchev–Trinajstić information content (AvgIpc) is 2.72. The second kappa shape index (κ2) is 10.9. The van der Waals surface area contributed by atoms with Gasteiger partial charge in [0.25, 0.3) is 5.56 Å². The van der Waals surface area contributed by atoms with Crippen molar-refractivity contribution in [2.24, 2.45) is 5.41 Å². The van der Waals surface area contributed by atoms with Crippen LogP contribution in [0.1, 0.15) is 64.7 Å². The van der Waals surface area contributed by atoms with Gasteiger partial charge in [-0.15, -0.1) is 0 Å². The van der Waals surface area contributed by atoms with Crippen LogP contribution in [0.5, 0.6) is 0 Å². The smallest absolute Gasteiger partial charge is 0.330 e. The fourth-order valence-corrected chi connectivity index (χ4v) is 3.03. The Morgan fingerprint density at radius 2 is 1.87 bits per heavy atom. The number of H-pyrrole nitrogens is 1. The second-order valence-corrected chi connectivity index (χ2v) is 7.82. The molecule has 1 atom stereocenters. The van der Waals surface area contributed by atoms with Crippen molar-refractivity contribution in [1.29, 1.82) is 0 Å².